The Morgan fingerprint density at radius 3 is 2.14 bits per heavy atom. The van der Waals surface area contributed by atoms with E-state index >= 15 is 0 Å². The molecule has 0 N–H and O–H groups in total. The molecule has 0 fully saturated rings. The number of hydrogen-bond acceptors (Lipinski definition) is 3. The lowest BCUT2D eigenvalue weighted by Gasteiger charge is -2.33. The van der Waals surface area contributed by atoms with E-state index in [1.807, 2.05) is 34.0 Å². The molecule has 0 radical (unpaired) electrons. The average molecular weight is 643 g/mol. The van der Waals surface area contributed by atoms with Gasteiger partial charge in [-0.25, -0.2) is 0 Å². The van der Waals surface area contributed by atoms with E-state index in [2.05, 4.69) is 106 Å². The molecule has 0 aliphatic heterocycles. The molecule has 0 nitrogen and oxygen atoms in total. The van der Waals surface area contributed by atoms with Gasteiger partial charge >= 0.3 is 0 Å². The topological polar surface area (TPSA) is 0 Å². The fraction of sp³-hybridized carbons (Fsp3) is 0.267. The maximum Gasteiger partial charge on any atom is 0.0745 e. The number of unbranched alkanes of at least 4 members (excludes halogenated alkanes) is 3. The van der Waals surface area contributed by atoms with E-state index < -0.39 is 0 Å². The molecule has 3 heterocycles. The Morgan fingerprint density at radius 2 is 1.43 bits per heavy atom. The van der Waals surface area contributed by atoms with E-state index in [-0.39, 0.29) is 5.41 Å². The van der Waals surface area contributed by atoms with E-state index in [1.165, 1.54) is 92.2 Å². The molecule has 1 aliphatic carbocycles. The molecule has 5 heteroatoms. The number of hydrogen-bond donors (Lipinski definition) is 0. The Bertz CT molecular complexity index is 1500. The zero-order chi connectivity index (χ0) is 24.2. The van der Waals surface area contributed by atoms with Crippen LogP contribution in [0.4, 0.5) is 0 Å². The minimum atomic E-state index is -0.301. The van der Waals surface area contributed by atoms with Crippen molar-refractivity contribution in [1.29, 1.82) is 0 Å². The molecule has 0 spiro atoms. The van der Waals surface area contributed by atoms with Gasteiger partial charge in [-0.2, -0.15) is 0 Å². The van der Waals surface area contributed by atoms with Crippen molar-refractivity contribution >= 4 is 75.3 Å². The first-order valence-corrected chi connectivity index (χ1v) is 16.2. The van der Waals surface area contributed by atoms with Crippen molar-refractivity contribution in [2.75, 3.05) is 0 Å². The lowest BCUT2D eigenvalue weighted by atomic mass is 9.68. The van der Waals surface area contributed by atoms with Crippen LogP contribution >= 0.6 is 65.9 Å². The molecular weight excluding hydrogens is 616 g/mol. The van der Waals surface area contributed by atoms with Gasteiger partial charge in [0.25, 0.3) is 0 Å². The number of halogens is 2. The number of aryl methyl sites for hydroxylation is 2. The molecule has 35 heavy (non-hydrogen) atoms. The first kappa shape index (κ1) is 24.1. The van der Waals surface area contributed by atoms with Crippen LogP contribution in [0, 0.1) is 6.92 Å². The minimum Gasteiger partial charge on any atom is -0.133 e. The van der Waals surface area contributed by atoms with E-state index in [9.17, 15) is 0 Å². The molecule has 0 saturated carbocycles. The summed E-state index contributed by atoms with van der Waals surface area (Å²) >= 11 is 13.3. The SMILES string of the molecule is CCCCCCc1ccc(C2(c3ccc(C)cc3)c3cc(Br)sc3-c3sc4cc(Br)sc4c32)cc1. The van der Waals surface area contributed by atoms with Crippen LogP contribution in [-0.2, 0) is 11.8 Å². The number of rotatable bonds is 7. The second kappa shape index (κ2) is 9.57. The van der Waals surface area contributed by atoms with E-state index in [4.69, 9.17) is 0 Å². The van der Waals surface area contributed by atoms with Gasteiger partial charge < -0.3 is 0 Å². The van der Waals surface area contributed by atoms with Gasteiger partial charge in [0.2, 0.25) is 0 Å². The molecule has 3 aromatic heterocycles. The van der Waals surface area contributed by atoms with Crippen molar-refractivity contribution in [3.05, 3.63) is 102 Å². The van der Waals surface area contributed by atoms with Crippen LogP contribution < -0.4 is 0 Å². The standard InChI is InChI=1S/C30H26Br2S3/c1-3-4-5-6-7-19-10-14-21(15-11-19)30(20-12-8-18(2)9-13-20)22-16-24(31)34-27(22)29-26(30)28-23(33-29)17-25(32)35-28/h8-17H,3-7H2,1-2H3. The zero-order valence-corrected chi connectivity index (χ0v) is 25.4. The van der Waals surface area contributed by atoms with Crippen molar-refractivity contribution < 1.29 is 0 Å². The molecule has 0 bridgehead atoms. The third-order valence-corrected chi connectivity index (χ3v) is 11.9. The maximum atomic E-state index is 3.84. The van der Waals surface area contributed by atoms with E-state index in [0.29, 0.717) is 0 Å². The van der Waals surface area contributed by atoms with Gasteiger partial charge in [0.05, 0.1) is 27.4 Å². The highest BCUT2D eigenvalue weighted by Crippen LogP contribution is 2.64. The lowest BCUT2D eigenvalue weighted by Crippen LogP contribution is -2.28. The van der Waals surface area contributed by atoms with Crippen molar-refractivity contribution in [2.24, 2.45) is 0 Å². The first-order valence-electron chi connectivity index (χ1n) is 12.2. The molecular formula is C30H26Br2S3. The van der Waals surface area contributed by atoms with Gasteiger partial charge in [-0.3, -0.25) is 0 Å². The predicted molar refractivity (Wildman–Crippen MR) is 163 cm³/mol. The lowest BCUT2D eigenvalue weighted by molar-refractivity contribution is 0.666. The average Bonchev–Trinajstić information content (AvgIpc) is 3.56. The van der Waals surface area contributed by atoms with Gasteiger partial charge in [-0.1, -0.05) is 80.3 Å². The Kier molecular flexibility index (Phi) is 6.59. The van der Waals surface area contributed by atoms with E-state index in [1.54, 1.807) is 0 Å². The molecule has 5 aromatic rings. The summed E-state index contributed by atoms with van der Waals surface area (Å²) in [6, 6.07) is 23.5. The first-order chi connectivity index (χ1) is 17.0. The summed E-state index contributed by atoms with van der Waals surface area (Å²) in [6.45, 7) is 4.45. The van der Waals surface area contributed by atoms with Gasteiger partial charge in [-0.05, 0) is 86.0 Å². The summed E-state index contributed by atoms with van der Waals surface area (Å²) in [5.74, 6) is 0. The number of benzene rings is 2. The molecule has 0 amide bonds. The Morgan fingerprint density at radius 1 is 0.743 bits per heavy atom. The van der Waals surface area contributed by atoms with Gasteiger partial charge in [0.1, 0.15) is 0 Å². The Labute approximate surface area is 236 Å². The van der Waals surface area contributed by atoms with Crippen LogP contribution in [-0.4, -0.2) is 0 Å². The summed E-state index contributed by atoms with van der Waals surface area (Å²) < 4.78 is 5.21. The smallest absolute Gasteiger partial charge is 0.0745 e. The minimum absolute atomic E-state index is 0.301. The van der Waals surface area contributed by atoms with Crippen LogP contribution in [0.3, 0.4) is 0 Å². The monoisotopic (exact) mass is 640 g/mol. The highest BCUT2D eigenvalue weighted by Gasteiger charge is 2.50. The molecule has 1 aliphatic rings. The highest BCUT2D eigenvalue weighted by molar-refractivity contribution is 9.11. The summed E-state index contributed by atoms with van der Waals surface area (Å²) in [4.78, 5) is 2.86. The van der Waals surface area contributed by atoms with Crippen LogP contribution in [0.5, 0.6) is 0 Å². The van der Waals surface area contributed by atoms with Gasteiger partial charge in [-0.15, -0.1) is 34.0 Å². The second-order valence-electron chi connectivity index (χ2n) is 9.47. The number of fused-ring (bicyclic) bond motifs is 5. The van der Waals surface area contributed by atoms with Crippen LogP contribution in [0.1, 0.15) is 66.0 Å². The molecule has 6 rings (SSSR count). The maximum absolute atomic E-state index is 3.84. The van der Waals surface area contributed by atoms with Crippen molar-refractivity contribution in [2.45, 2.75) is 51.4 Å². The molecule has 0 saturated heterocycles. The summed E-state index contributed by atoms with van der Waals surface area (Å²) in [5, 5.41) is 0. The normalized spacial score (nSPS) is 16.7. The van der Waals surface area contributed by atoms with Crippen molar-refractivity contribution in [1.82, 2.24) is 0 Å². The molecule has 1 unspecified atom stereocenters. The van der Waals surface area contributed by atoms with Gasteiger partial charge in [0.15, 0.2) is 0 Å². The second-order valence-corrected chi connectivity index (χ2v) is 15.4. The molecule has 2 aromatic carbocycles. The largest absolute Gasteiger partial charge is 0.133 e. The highest BCUT2D eigenvalue weighted by atomic mass is 79.9. The van der Waals surface area contributed by atoms with Gasteiger partial charge in [0, 0.05) is 10.3 Å². The van der Waals surface area contributed by atoms with Crippen LogP contribution in [0.15, 0.2) is 68.2 Å². The van der Waals surface area contributed by atoms with Crippen molar-refractivity contribution in [3.8, 4) is 9.75 Å². The quantitative estimate of drug-likeness (QED) is 0.152. The van der Waals surface area contributed by atoms with Crippen LogP contribution in [0.2, 0.25) is 0 Å². The fourth-order valence-electron chi connectivity index (χ4n) is 5.55. The molecule has 1 atom stereocenters. The summed E-state index contributed by atoms with van der Waals surface area (Å²) in [6.07, 6.45) is 6.38. The molecule has 178 valence electrons. The fourth-order valence-corrected chi connectivity index (χ4v) is 10.7. The Hall–Kier alpha value is -1.24. The summed E-state index contributed by atoms with van der Waals surface area (Å²) in [5.41, 5.74) is 8.06. The Balaban J connectivity index is 1.59. The zero-order valence-electron chi connectivity index (χ0n) is 19.8. The van der Waals surface area contributed by atoms with E-state index in [0.717, 1.165) is 0 Å². The third-order valence-electron chi connectivity index (χ3n) is 7.21. The number of thiophene rings is 3. The third kappa shape index (κ3) is 3.93. The predicted octanol–water partition coefficient (Wildman–Crippen LogP) is 11.3. The summed E-state index contributed by atoms with van der Waals surface area (Å²) in [7, 11) is 0. The van der Waals surface area contributed by atoms with Crippen molar-refractivity contribution in [3.63, 3.8) is 0 Å². The van der Waals surface area contributed by atoms with Crippen LogP contribution in [0.25, 0.3) is 19.2 Å².